The van der Waals surface area contributed by atoms with Crippen LogP contribution in [0.4, 0.5) is 0 Å². The molecule has 1 aliphatic rings. The van der Waals surface area contributed by atoms with E-state index in [4.69, 9.17) is 8.99 Å². The average molecular weight is 155 g/mol. The van der Waals surface area contributed by atoms with Crippen molar-refractivity contribution >= 4 is 30.7 Å². The molecule has 2 aromatic rings. The minimum absolute atomic E-state index is 0.691. The first-order chi connectivity index (χ1) is 5.93. The van der Waals surface area contributed by atoms with Crippen molar-refractivity contribution < 1.29 is 8.99 Å². The maximum absolute atomic E-state index is 5.20. The van der Waals surface area contributed by atoms with Crippen LogP contribution in [0.2, 0.25) is 0 Å². The summed E-state index contributed by atoms with van der Waals surface area (Å²) in [6.07, 6.45) is 1.75. The molecule has 2 heterocycles. The summed E-state index contributed by atoms with van der Waals surface area (Å²) in [5, 5.41) is 2.28. The third kappa shape index (κ3) is 0.786. The summed E-state index contributed by atoms with van der Waals surface area (Å²) in [7, 11) is 3.55. The Hall–Kier alpha value is -1.02. The van der Waals surface area contributed by atoms with Crippen LogP contribution in [0.1, 0.15) is 5.56 Å². The van der Waals surface area contributed by atoms with Gasteiger partial charge in [-0.1, -0.05) is 0 Å². The van der Waals surface area contributed by atoms with Gasteiger partial charge < -0.3 is 0 Å². The van der Waals surface area contributed by atoms with E-state index in [2.05, 4.69) is 12.1 Å². The van der Waals surface area contributed by atoms with Gasteiger partial charge in [0.1, 0.15) is 0 Å². The standard InChI is InChI=1S/C8H5B2O2/c1-5-3-11-10-8(5)2-6-4-12-9-7(1)6/h1-3H,4H2. The molecule has 0 unspecified atom stereocenters. The van der Waals surface area contributed by atoms with Crippen LogP contribution in [-0.4, -0.2) is 14.6 Å². The van der Waals surface area contributed by atoms with Gasteiger partial charge in [0.15, 0.2) is 0 Å². The Morgan fingerprint density at radius 3 is 3.33 bits per heavy atom. The Bertz CT molecular complexity index is 398. The van der Waals surface area contributed by atoms with Crippen LogP contribution in [0.3, 0.4) is 0 Å². The summed E-state index contributed by atoms with van der Waals surface area (Å²) < 4.78 is 10.3. The predicted molar refractivity (Wildman–Crippen MR) is 47.7 cm³/mol. The van der Waals surface area contributed by atoms with Gasteiger partial charge in [-0.3, -0.25) is 0 Å². The summed E-state index contributed by atoms with van der Waals surface area (Å²) >= 11 is 0. The van der Waals surface area contributed by atoms with Crippen molar-refractivity contribution in [3.8, 4) is 0 Å². The molecule has 0 N–H and O–H groups in total. The normalized spacial score (nSPS) is 14.3. The van der Waals surface area contributed by atoms with Gasteiger partial charge in [-0.15, -0.1) is 0 Å². The zero-order valence-electron chi connectivity index (χ0n) is 6.41. The van der Waals surface area contributed by atoms with Crippen LogP contribution in [0.5, 0.6) is 0 Å². The van der Waals surface area contributed by atoms with Gasteiger partial charge in [-0.2, -0.15) is 0 Å². The number of fused-ring (bicyclic) bond motifs is 2. The van der Waals surface area contributed by atoms with E-state index < -0.39 is 0 Å². The number of hydrogen-bond acceptors (Lipinski definition) is 2. The van der Waals surface area contributed by atoms with E-state index in [0.29, 0.717) is 6.61 Å². The molecule has 55 valence electrons. The van der Waals surface area contributed by atoms with E-state index in [-0.39, 0.29) is 0 Å². The molecule has 0 spiro atoms. The van der Waals surface area contributed by atoms with Crippen LogP contribution in [-0.2, 0) is 11.3 Å². The zero-order valence-corrected chi connectivity index (χ0v) is 6.41. The molecule has 0 aliphatic carbocycles. The van der Waals surface area contributed by atoms with Crippen molar-refractivity contribution in [2.75, 3.05) is 0 Å². The van der Waals surface area contributed by atoms with Crippen LogP contribution in [0.15, 0.2) is 22.7 Å². The Kier molecular flexibility index (Phi) is 1.21. The summed E-state index contributed by atoms with van der Waals surface area (Å²) in [6, 6.07) is 4.19. The number of benzene rings is 1. The molecule has 4 heteroatoms. The quantitative estimate of drug-likeness (QED) is 0.518. The third-order valence-corrected chi connectivity index (χ3v) is 2.18. The first-order valence-electron chi connectivity index (χ1n) is 3.87. The second-order valence-corrected chi connectivity index (χ2v) is 2.98. The molecule has 1 radical (unpaired) electrons. The van der Waals surface area contributed by atoms with Gasteiger partial charge in [-0.05, 0) is 0 Å². The molecule has 12 heavy (non-hydrogen) atoms. The summed E-state index contributed by atoms with van der Waals surface area (Å²) in [4.78, 5) is 0. The van der Waals surface area contributed by atoms with Gasteiger partial charge in [0.25, 0.3) is 0 Å². The van der Waals surface area contributed by atoms with Gasteiger partial charge in [0.05, 0.1) is 0 Å². The Morgan fingerprint density at radius 2 is 2.33 bits per heavy atom. The zero-order chi connectivity index (χ0) is 7.97. The summed E-state index contributed by atoms with van der Waals surface area (Å²) in [5.74, 6) is 0. The van der Waals surface area contributed by atoms with Crippen LogP contribution in [0.25, 0.3) is 10.7 Å². The molecule has 1 aliphatic heterocycles. The topological polar surface area (TPSA) is 22.4 Å². The minimum atomic E-state index is 0.691. The van der Waals surface area contributed by atoms with Gasteiger partial charge in [-0.25, -0.2) is 0 Å². The maximum atomic E-state index is 5.20. The Morgan fingerprint density at radius 1 is 1.33 bits per heavy atom. The van der Waals surface area contributed by atoms with E-state index in [1.807, 2.05) is 0 Å². The van der Waals surface area contributed by atoms with Crippen molar-refractivity contribution in [3.05, 3.63) is 24.0 Å². The second-order valence-electron chi connectivity index (χ2n) is 2.98. The molecular weight excluding hydrogens is 150 g/mol. The molecule has 0 fully saturated rings. The van der Waals surface area contributed by atoms with Crippen LogP contribution in [0, 0.1) is 0 Å². The van der Waals surface area contributed by atoms with Gasteiger partial charge in [0, 0.05) is 0 Å². The first kappa shape index (κ1) is 6.49. The van der Waals surface area contributed by atoms with E-state index in [0.717, 1.165) is 10.7 Å². The van der Waals surface area contributed by atoms with Crippen molar-refractivity contribution in [2.45, 2.75) is 6.61 Å². The fourth-order valence-corrected chi connectivity index (χ4v) is 1.54. The molecule has 0 bridgehead atoms. The fourth-order valence-electron chi connectivity index (χ4n) is 1.54. The van der Waals surface area contributed by atoms with E-state index in [9.17, 15) is 0 Å². The second kappa shape index (κ2) is 2.23. The third-order valence-electron chi connectivity index (χ3n) is 2.18. The fraction of sp³-hybridized carbons (Fsp3) is 0.125. The van der Waals surface area contributed by atoms with Crippen LogP contribution >= 0.6 is 0 Å². The van der Waals surface area contributed by atoms with Crippen molar-refractivity contribution in [1.82, 2.24) is 0 Å². The van der Waals surface area contributed by atoms with Crippen LogP contribution < -0.4 is 5.46 Å². The van der Waals surface area contributed by atoms with Gasteiger partial charge >= 0.3 is 70.3 Å². The predicted octanol–water partition coefficient (Wildman–Crippen LogP) is 0.546. The van der Waals surface area contributed by atoms with E-state index in [1.165, 1.54) is 11.0 Å². The molecule has 2 nitrogen and oxygen atoms in total. The molecule has 3 rings (SSSR count). The first-order valence-corrected chi connectivity index (χ1v) is 3.87. The molecule has 0 saturated carbocycles. The van der Waals surface area contributed by atoms with Crippen molar-refractivity contribution in [2.24, 2.45) is 0 Å². The monoisotopic (exact) mass is 155 g/mol. The molecule has 1 aromatic heterocycles. The number of hydrogen-bond donors (Lipinski definition) is 0. The molecule has 0 amide bonds. The van der Waals surface area contributed by atoms with E-state index in [1.54, 1.807) is 20.9 Å². The summed E-state index contributed by atoms with van der Waals surface area (Å²) in [5.41, 5.74) is 2.41. The molecule has 1 aromatic carbocycles. The molecule has 0 saturated heterocycles. The Labute approximate surface area is 71.0 Å². The van der Waals surface area contributed by atoms with Crippen molar-refractivity contribution in [1.29, 1.82) is 0 Å². The molecular formula is C8H5B2O2. The summed E-state index contributed by atoms with van der Waals surface area (Å²) in [6.45, 7) is 0.691. The van der Waals surface area contributed by atoms with Gasteiger partial charge in [0.2, 0.25) is 0 Å². The SMILES string of the molecule is [B]1OCc2cc3bocc3cc21. The average Bonchev–Trinajstić information content (AvgIpc) is 2.64. The van der Waals surface area contributed by atoms with Crippen molar-refractivity contribution in [3.63, 3.8) is 0 Å². The van der Waals surface area contributed by atoms with E-state index >= 15 is 0 Å². The molecule has 0 atom stereocenters. The Balaban J connectivity index is 2.38. The number of rotatable bonds is 0.